The van der Waals surface area contributed by atoms with Crippen LogP contribution in [-0.4, -0.2) is 21.6 Å². The average molecular weight is 500 g/mol. The number of rotatable bonds is 5. The highest BCUT2D eigenvalue weighted by Crippen LogP contribution is 2.33. The molecule has 0 bridgehead atoms. The van der Waals surface area contributed by atoms with Crippen LogP contribution < -0.4 is 15.0 Å². The molecule has 2 amide bonds. The molecule has 0 spiro atoms. The summed E-state index contributed by atoms with van der Waals surface area (Å²) in [6.45, 7) is 5.72. The summed E-state index contributed by atoms with van der Waals surface area (Å²) in [5.74, 6) is -1.04. The van der Waals surface area contributed by atoms with Gasteiger partial charge in [-0.25, -0.2) is 9.58 Å². The molecule has 36 heavy (non-hydrogen) atoms. The fourth-order valence-corrected chi connectivity index (χ4v) is 4.81. The quantitative estimate of drug-likeness (QED) is 0.330. The van der Waals surface area contributed by atoms with Gasteiger partial charge in [-0.15, -0.1) is 0 Å². The third kappa shape index (κ3) is 3.87. The highest BCUT2D eigenvalue weighted by molar-refractivity contribution is 6.53. The average Bonchev–Trinajstić information content (AvgIpc) is 3.31. The van der Waals surface area contributed by atoms with Crippen molar-refractivity contribution in [1.82, 2.24) is 9.78 Å². The molecule has 4 aromatic rings. The van der Waals surface area contributed by atoms with Gasteiger partial charge in [-0.3, -0.25) is 19.5 Å². The molecule has 0 saturated heterocycles. The Bertz CT molecular complexity index is 1600. The van der Waals surface area contributed by atoms with Gasteiger partial charge in [-0.1, -0.05) is 42.8 Å². The Kier molecular flexibility index (Phi) is 5.94. The van der Waals surface area contributed by atoms with Crippen molar-refractivity contribution < 1.29 is 14.2 Å². The van der Waals surface area contributed by atoms with Crippen molar-refractivity contribution in [2.75, 3.05) is 4.90 Å². The highest BCUT2D eigenvalue weighted by Gasteiger charge is 2.48. The molecule has 0 atom stereocenters. The van der Waals surface area contributed by atoms with E-state index in [0.717, 1.165) is 16.0 Å². The lowest BCUT2D eigenvalue weighted by Gasteiger charge is -2.13. The van der Waals surface area contributed by atoms with E-state index in [1.54, 1.807) is 65.5 Å². The molecular weight excluding hydrogens is 476 g/mol. The maximum atomic E-state index is 13.9. The molecule has 1 N–H and O–H groups in total. The van der Waals surface area contributed by atoms with E-state index in [0.29, 0.717) is 28.5 Å². The van der Waals surface area contributed by atoms with Gasteiger partial charge < -0.3 is 0 Å². The molecule has 0 saturated carbocycles. The normalized spacial score (nSPS) is 13.7. The number of nitrogens with one attached hydrogen (secondary N) is 1. The van der Waals surface area contributed by atoms with Crippen molar-refractivity contribution in [1.29, 1.82) is 0 Å². The summed E-state index contributed by atoms with van der Waals surface area (Å²) >= 11 is 6.17. The molecular formula is C28H24ClN4O3+. The number of benzene rings is 2. The number of imide groups is 1. The summed E-state index contributed by atoms with van der Waals surface area (Å²) in [6, 6.07) is 17.6. The summed E-state index contributed by atoms with van der Waals surface area (Å²) in [6.07, 6.45) is 4.02. The van der Waals surface area contributed by atoms with Crippen LogP contribution in [0.4, 0.5) is 5.69 Å². The van der Waals surface area contributed by atoms with E-state index in [2.05, 4.69) is 5.10 Å². The lowest BCUT2D eigenvalue weighted by Crippen LogP contribution is -2.40. The fraction of sp³-hybridized carbons (Fsp3) is 0.143. The summed E-state index contributed by atoms with van der Waals surface area (Å²) < 4.78 is 3.01. The maximum Gasteiger partial charge on any atom is 0.331 e. The van der Waals surface area contributed by atoms with Gasteiger partial charge in [-0.2, -0.15) is 4.57 Å². The molecule has 5 rings (SSSR count). The van der Waals surface area contributed by atoms with Gasteiger partial charge in [0, 0.05) is 21.8 Å². The monoisotopic (exact) mass is 499 g/mol. The predicted octanol–water partition coefficient (Wildman–Crippen LogP) is 4.23. The van der Waals surface area contributed by atoms with Gasteiger partial charge in [0.2, 0.25) is 0 Å². The van der Waals surface area contributed by atoms with Crippen LogP contribution in [0.1, 0.15) is 29.3 Å². The first kappa shape index (κ1) is 23.5. The molecule has 3 heterocycles. The molecule has 0 fully saturated rings. The van der Waals surface area contributed by atoms with E-state index < -0.39 is 17.4 Å². The van der Waals surface area contributed by atoms with Crippen molar-refractivity contribution in [3.05, 3.63) is 111 Å². The second-order valence-corrected chi connectivity index (χ2v) is 9.18. The van der Waals surface area contributed by atoms with Crippen LogP contribution in [-0.2, 0) is 16.0 Å². The standard InChI is InChI=1S/C28H23ClN4O3/c1-4-22-23(27(35)33(30-22)21-12-8-9-19(29)14-21)24-25(31-15-17(2)13-18(3)16-31)28(36)32(26(24)34)20-10-6-5-7-11-20/h5-16H,4H2,1-3H3/p+1. The number of para-hydroxylation sites is 1. The zero-order chi connectivity index (χ0) is 25.6. The summed E-state index contributed by atoms with van der Waals surface area (Å²) in [5, 5.41) is 3.60. The molecule has 0 aliphatic carbocycles. The van der Waals surface area contributed by atoms with Gasteiger partial charge in [0.1, 0.15) is 5.57 Å². The Balaban J connectivity index is 1.81. The van der Waals surface area contributed by atoms with Crippen LogP contribution in [0.15, 0.2) is 77.9 Å². The highest BCUT2D eigenvalue weighted by atomic mass is 35.5. The molecule has 1 aliphatic heterocycles. The summed E-state index contributed by atoms with van der Waals surface area (Å²) in [4.78, 5) is 42.7. The van der Waals surface area contributed by atoms with Crippen LogP contribution >= 0.6 is 11.6 Å². The maximum absolute atomic E-state index is 13.9. The minimum Gasteiger partial charge on any atom is -0.294 e. The number of carbonyl (C=O) groups excluding carboxylic acids is 2. The topological polar surface area (TPSA) is 79.1 Å². The van der Waals surface area contributed by atoms with Crippen molar-refractivity contribution in [2.24, 2.45) is 0 Å². The van der Waals surface area contributed by atoms with Gasteiger partial charge in [0.15, 0.2) is 12.4 Å². The number of aromatic amines is 1. The van der Waals surface area contributed by atoms with E-state index in [9.17, 15) is 14.4 Å². The second-order valence-electron chi connectivity index (χ2n) is 8.74. The third-order valence-corrected chi connectivity index (χ3v) is 6.34. The molecule has 2 aromatic heterocycles. The number of anilines is 1. The second kappa shape index (κ2) is 9.09. The molecule has 8 heteroatoms. The molecule has 0 unspecified atom stereocenters. The lowest BCUT2D eigenvalue weighted by molar-refractivity contribution is -0.577. The van der Waals surface area contributed by atoms with Crippen molar-refractivity contribution in [3.8, 4) is 5.69 Å². The number of halogens is 1. The summed E-state index contributed by atoms with van der Waals surface area (Å²) in [7, 11) is 0. The summed E-state index contributed by atoms with van der Waals surface area (Å²) in [5.41, 5.74) is 3.31. The number of pyridine rings is 1. The van der Waals surface area contributed by atoms with Gasteiger partial charge in [0.05, 0.1) is 16.9 Å². The number of H-pyrrole nitrogens is 1. The first-order chi connectivity index (χ1) is 17.3. The lowest BCUT2D eigenvalue weighted by atomic mass is 10.0. The largest absolute Gasteiger partial charge is 0.331 e. The number of aryl methyl sites for hydroxylation is 3. The number of carbonyl (C=O) groups is 2. The Hall–Kier alpha value is -4.23. The molecule has 7 nitrogen and oxygen atoms in total. The van der Waals surface area contributed by atoms with Crippen LogP contribution in [0.3, 0.4) is 0 Å². The number of nitrogens with zero attached hydrogens (tertiary/aromatic N) is 3. The molecule has 0 radical (unpaired) electrons. The van der Waals surface area contributed by atoms with Gasteiger partial charge in [-0.05, 0) is 56.7 Å². The van der Waals surface area contributed by atoms with Crippen LogP contribution in [0, 0.1) is 13.8 Å². The number of amides is 2. The van der Waals surface area contributed by atoms with Crippen molar-refractivity contribution in [2.45, 2.75) is 27.2 Å². The molecule has 1 aliphatic rings. The minimum absolute atomic E-state index is 0.0673. The third-order valence-electron chi connectivity index (χ3n) is 6.11. The molecule has 2 aromatic carbocycles. The van der Waals surface area contributed by atoms with Crippen LogP contribution in [0.2, 0.25) is 5.02 Å². The first-order valence-corrected chi connectivity index (χ1v) is 12.0. The predicted molar refractivity (Wildman–Crippen MR) is 139 cm³/mol. The van der Waals surface area contributed by atoms with E-state index in [1.165, 1.54) is 4.68 Å². The Labute approximate surface area is 212 Å². The smallest absolute Gasteiger partial charge is 0.294 e. The Morgan fingerprint density at radius 1 is 0.861 bits per heavy atom. The van der Waals surface area contributed by atoms with Crippen LogP contribution in [0.25, 0.3) is 17.0 Å². The van der Waals surface area contributed by atoms with E-state index in [-0.39, 0.29) is 16.8 Å². The number of aromatic nitrogens is 3. The number of hydrogen-bond donors (Lipinski definition) is 1. The Morgan fingerprint density at radius 3 is 2.17 bits per heavy atom. The zero-order valence-electron chi connectivity index (χ0n) is 20.1. The van der Waals surface area contributed by atoms with E-state index >= 15 is 0 Å². The van der Waals surface area contributed by atoms with E-state index in [4.69, 9.17) is 11.6 Å². The SMILES string of the molecule is CCc1[nH]n(-c2cccc(Cl)c2)c(=O)c1C1=C([n+]2cc(C)cc(C)c2)C(=O)N(c2ccccc2)C1=O. The van der Waals surface area contributed by atoms with Crippen LogP contribution in [0.5, 0.6) is 0 Å². The van der Waals surface area contributed by atoms with Crippen molar-refractivity contribution >= 4 is 40.4 Å². The van der Waals surface area contributed by atoms with Gasteiger partial charge in [0.25, 0.3) is 17.2 Å². The van der Waals surface area contributed by atoms with Gasteiger partial charge >= 0.3 is 5.91 Å². The van der Waals surface area contributed by atoms with Crippen molar-refractivity contribution in [3.63, 3.8) is 0 Å². The zero-order valence-corrected chi connectivity index (χ0v) is 20.8. The number of hydrogen-bond acceptors (Lipinski definition) is 3. The molecule has 180 valence electrons. The van der Waals surface area contributed by atoms with E-state index in [1.807, 2.05) is 32.9 Å². The first-order valence-electron chi connectivity index (χ1n) is 11.6. The minimum atomic E-state index is -0.545. The fourth-order valence-electron chi connectivity index (χ4n) is 4.63. The Morgan fingerprint density at radius 2 is 1.53 bits per heavy atom.